The van der Waals surface area contributed by atoms with E-state index in [1.54, 1.807) is 26.1 Å². The first-order chi connectivity index (χ1) is 10.1. The van der Waals surface area contributed by atoms with E-state index >= 15 is 0 Å². The lowest BCUT2D eigenvalue weighted by Crippen LogP contribution is -2.45. The minimum absolute atomic E-state index is 0.137. The Balaban J connectivity index is 2.58. The fraction of sp³-hybridized carbons (Fsp3) is 0.500. The van der Waals surface area contributed by atoms with Gasteiger partial charge in [0.15, 0.2) is 0 Å². The van der Waals surface area contributed by atoms with Gasteiger partial charge >= 0.3 is 12.0 Å². The van der Waals surface area contributed by atoms with Crippen LogP contribution < -0.4 is 5.32 Å². The number of carbonyl (C=O) groups is 2. The summed E-state index contributed by atoms with van der Waals surface area (Å²) in [5.41, 5.74) is 0.554. The highest BCUT2D eigenvalue weighted by Crippen LogP contribution is 2.22. The van der Waals surface area contributed by atoms with E-state index in [1.807, 2.05) is 13.8 Å². The molecule has 0 radical (unpaired) electrons. The van der Waals surface area contributed by atoms with Crippen LogP contribution in [0.15, 0.2) is 24.3 Å². The Morgan fingerprint density at radius 1 is 1.32 bits per heavy atom. The molecule has 22 heavy (non-hydrogen) atoms. The molecule has 1 aromatic carbocycles. The van der Waals surface area contributed by atoms with Crippen molar-refractivity contribution in [2.75, 3.05) is 20.1 Å². The predicted molar refractivity (Wildman–Crippen MR) is 82.3 cm³/mol. The van der Waals surface area contributed by atoms with Gasteiger partial charge in [0.1, 0.15) is 5.82 Å². The Kier molecular flexibility index (Phi) is 5.91. The van der Waals surface area contributed by atoms with Gasteiger partial charge in [0.2, 0.25) is 0 Å². The monoisotopic (exact) mass is 310 g/mol. The highest BCUT2D eigenvalue weighted by molar-refractivity contribution is 5.75. The van der Waals surface area contributed by atoms with Crippen molar-refractivity contribution in [2.24, 2.45) is 5.92 Å². The first kappa shape index (κ1) is 17.9. The molecule has 0 aromatic heterocycles. The van der Waals surface area contributed by atoms with Crippen molar-refractivity contribution >= 4 is 12.0 Å². The minimum Gasteiger partial charge on any atom is -0.481 e. The quantitative estimate of drug-likeness (QED) is 0.848. The number of hydrogen-bond acceptors (Lipinski definition) is 2. The number of rotatable bonds is 6. The number of nitrogens with one attached hydrogen (secondary N) is 1. The molecule has 1 unspecified atom stereocenters. The first-order valence-corrected chi connectivity index (χ1v) is 7.11. The zero-order valence-electron chi connectivity index (χ0n) is 13.4. The Morgan fingerprint density at radius 3 is 2.36 bits per heavy atom. The fourth-order valence-electron chi connectivity index (χ4n) is 2.01. The molecule has 0 saturated heterocycles. The van der Waals surface area contributed by atoms with E-state index < -0.39 is 11.9 Å². The normalized spacial score (nSPS) is 12.6. The molecule has 2 N–H and O–H groups in total. The van der Waals surface area contributed by atoms with E-state index in [0.717, 1.165) is 5.56 Å². The van der Waals surface area contributed by atoms with Crippen LogP contribution in [0.25, 0.3) is 0 Å². The van der Waals surface area contributed by atoms with Gasteiger partial charge in [-0.25, -0.2) is 9.18 Å². The Morgan fingerprint density at radius 2 is 1.86 bits per heavy atom. The molecule has 0 saturated carbocycles. The summed E-state index contributed by atoms with van der Waals surface area (Å²) in [6, 6.07) is 5.83. The number of benzene rings is 1. The Bertz CT molecular complexity index is 529. The average Bonchev–Trinajstić information content (AvgIpc) is 2.45. The lowest BCUT2D eigenvalue weighted by Gasteiger charge is -2.28. The SMILES string of the molecule is CC(CN(C)C(=O)NCC(C)(C)c1ccc(F)cc1)C(=O)O. The van der Waals surface area contributed by atoms with Crippen LogP contribution in [0, 0.1) is 11.7 Å². The summed E-state index contributed by atoms with van der Waals surface area (Å²) in [6.07, 6.45) is 0. The van der Waals surface area contributed by atoms with Gasteiger partial charge in [-0.1, -0.05) is 32.9 Å². The van der Waals surface area contributed by atoms with Crippen molar-refractivity contribution in [3.05, 3.63) is 35.6 Å². The predicted octanol–water partition coefficient (Wildman–Crippen LogP) is 2.47. The number of carboxylic acids is 1. The summed E-state index contributed by atoms with van der Waals surface area (Å²) < 4.78 is 13.0. The van der Waals surface area contributed by atoms with E-state index in [4.69, 9.17) is 5.11 Å². The topological polar surface area (TPSA) is 69.6 Å². The van der Waals surface area contributed by atoms with Gasteiger partial charge in [0, 0.05) is 25.6 Å². The van der Waals surface area contributed by atoms with Gasteiger partial charge in [-0.3, -0.25) is 4.79 Å². The molecular formula is C16H23FN2O3. The Labute approximate surface area is 130 Å². The lowest BCUT2D eigenvalue weighted by atomic mass is 9.84. The second kappa shape index (κ2) is 7.24. The van der Waals surface area contributed by atoms with Gasteiger partial charge in [0.25, 0.3) is 0 Å². The van der Waals surface area contributed by atoms with E-state index in [0.29, 0.717) is 6.54 Å². The molecule has 0 aliphatic carbocycles. The number of carbonyl (C=O) groups excluding carboxylic acids is 1. The van der Waals surface area contributed by atoms with E-state index in [9.17, 15) is 14.0 Å². The van der Waals surface area contributed by atoms with Crippen molar-refractivity contribution in [1.29, 1.82) is 0 Å². The van der Waals surface area contributed by atoms with Crippen molar-refractivity contribution < 1.29 is 19.1 Å². The number of aliphatic carboxylic acids is 1. The molecule has 0 fully saturated rings. The summed E-state index contributed by atoms with van der Waals surface area (Å²) in [6.45, 7) is 5.94. The fourth-order valence-corrected chi connectivity index (χ4v) is 2.01. The molecule has 5 nitrogen and oxygen atoms in total. The molecule has 122 valence electrons. The van der Waals surface area contributed by atoms with E-state index in [2.05, 4.69) is 5.32 Å². The summed E-state index contributed by atoms with van der Waals surface area (Å²) in [4.78, 5) is 24.1. The van der Waals surface area contributed by atoms with Gasteiger partial charge in [-0.2, -0.15) is 0 Å². The number of nitrogens with zero attached hydrogens (tertiary/aromatic N) is 1. The second-order valence-electron chi connectivity index (χ2n) is 6.17. The van der Waals surface area contributed by atoms with Crippen molar-refractivity contribution in [3.8, 4) is 0 Å². The van der Waals surface area contributed by atoms with Gasteiger partial charge in [-0.15, -0.1) is 0 Å². The van der Waals surface area contributed by atoms with Crippen LogP contribution in [0.1, 0.15) is 26.3 Å². The Hall–Kier alpha value is -2.11. The second-order valence-corrected chi connectivity index (χ2v) is 6.17. The average molecular weight is 310 g/mol. The summed E-state index contributed by atoms with van der Waals surface area (Å²) in [5.74, 6) is -1.86. The zero-order valence-corrected chi connectivity index (χ0v) is 13.4. The molecule has 1 rings (SSSR count). The number of amides is 2. The maximum absolute atomic E-state index is 13.0. The number of urea groups is 1. The van der Waals surface area contributed by atoms with Crippen LogP contribution in [-0.2, 0) is 10.2 Å². The summed E-state index contributed by atoms with van der Waals surface area (Å²) in [7, 11) is 1.56. The summed E-state index contributed by atoms with van der Waals surface area (Å²) in [5, 5.41) is 11.6. The van der Waals surface area contributed by atoms with Crippen molar-refractivity contribution in [1.82, 2.24) is 10.2 Å². The molecule has 0 spiro atoms. The van der Waals surface area contributed by atoms with Gasteiger partial charge < -0.3 is 15.3 Å². The van der Waals surface area contributed by atoms with E-state index in [1.165, 1.54) is 17.0 Å². The molecule has 0 bridgehead atoms. The van der Waals surface area contributed by atoms with Crippen LogP contribution in [-0.4, -0.2) is 42.1 Å². The number of halogens is 1. The molecule has 0 aliphatic rings. The highest BCUT2D eigenvalue weighted by atomic mass is 19.1. The molecule has 1 atom stereocenters. The number of carboxylic acid groups (broad SMARTS) is 1. The molecule has 2 amide bonds. The summed E-state index contributed by atoms with van der Waals surface area (Å²) >= 11 is 0. The molecule has 0 heterocycles. The third-order valence-corrected chi connectivity index (χ3v) is 3.62. The van der Waals surface area contributed by atoms with Crippen LogP contribution >= 0.6 is 0 Å². The van der Waals surface area contributed by atoms with Crippen LogP contribution in [0.3, 0.4) is 0 Å². The molecular weight excluding hydrogens is 287 g/mol. The van der Waals surface area contributed by atoms with Gasteiger partial charge in [-0.05, 0) is 17.7 Å². The minimum atomic E-state index is -0.939. The van der Waals surface area contributed by atoms with Crippen molar-refractivity contribution in [2.45, 2.75) is 26.2 Å². The molecule has 0 aliphatic heterocycles. The number of hydrogen-bond donors (Lipinski definition) is 2. The maximum Gasteiger partial charge on any atom is 0.317 e. The van der Waals surface area contributed by atoms with Crippen LogP contribution in [0.4, 0.5) is 9.18 Å². The molecule has 1 aromatic rings. The third-order valence-electron chi connectivity index (χ3n) is 3.62. The van der Waals surface area contributed by atoms with Gasteiger partial charge in [0.05, 0.1) is 5.92 Å². The highest BCUT2D eigenvalue weighted by Gasteiger charge is 2.23. The van der Waals surface area contributed by atoms with Crippen molar-refractivity contribution in [3.63, 3.8) is 0 Å². The largest absolute Gasteiger partial charge is 0.481 e. The maximum atomic E-state index is 13.0. The van der Waals surface area contributed by atoms with Crippen LogP contribution in [0.2, 0.25) is 0 Å². The third kappa shape index (κ3) is 5.02. The smallest absolute Gasteiger partial charge is 0.317 e. The lowest BCUT2D eigenvalue weighted by molar-refractivity contribution is -0.141. The van der Waals surface area contributed by atoms with Crippen LogP contribution in [0.5, 0.6) is 0 Å². The standard InChI is InChI=1S/C16H23FN2O3/c1-11(14(20)21)9-19(4)15(22)18-10-16(2,3)12-5-7-13(17)8-6-12/h5-8,11H,9-10H2,1-4H3,(H,18,22)(H,20,21). The molecule has 6 heteroatoms. The van der Waals surface area contributed by atoms with E-state index in [-0.39, 0.29) is 23.8 Å². The zero-order chi connectivity index (χ0) is 16.9. The first-order valence-electron chi connectivity index (χ1n) is 7.11.